The van der Waals surface area contributed by atoms with E-state index in [4.69, 9.17) is 0 Å². The Hall–Kier alpha value is -1.47. The molecule has 0 fully saturated rings. The maximum absolute atomic E-state index is 12.9. The maximum atomic E-state index is 12.9. The van der Waals surface area contributed by atoms with Crippen molar-refractivity contribution in [2.45, 2.75) is 57.4 Å². The van der Waals surface area contributed by atoms with Gasteiger partial charge >= 0.3 is 0 Å². The molecule has 1 unspecified atom stereocenters. The summed E-state index contributed by atoms with van der Waals surface area (Å²) in [6.07, 6.45) is 2.69. The minimum atomic E-state index is -3.66. The van der Waals surface area contributed by atoms with E-state index in [0.29, 0.717) is 12.3 Å². The maximum Gasteiger partial charge on any atom is 0.242 e. The van der Waals surface area contributed by atoms with Crippen LogP contribution in [0.2, 0.25) is 0 Å². The lowest BCUT2D eigenvalue weighted by Crippen LogP contribution is -2.34. The molecular formula is C18H29FN2O3S. The van der Waals surface area contributed by atoms with Crippen LogP contribution in [-0.2, 0) is 14.8 Å². The van der Waals surface area contributed by atoms with E-state index in [0.717, 1.165) is 25.0 Å². The van der Waals surface area contributed by atoms with Crippen LogP contribution in [-0.4, -0.2) is 38.3 Å². The lowest BCUT2D eigenvalue weighted by molar-refractivity contribution is -0.121. The van der Waals surface area contributed by atoms with Crippen molar-refractivity contribution in [2.24, 2.45) is 5.92 Å². The quantitative estimate of drug-likeness (QED) is 0.686. The molecule has 0 saturated carbocycles. The Kier molecular flexibility index (Phi) is 8.52. The molecule has 0 aliphatic carbocycles. The van der Waals surface area contributed by atoms with Crippen LogP contribution in [0.5, 0.6) is 0 Å². The first-order chi connectivity index (χ1) is 11.6. The summed E-state index contributed by atoms with van der Waals surface area (Å²) in [5, 5.41) is 2.94. The molecule has 0 heterocycles. The second-order valence-electron chi connectivity index (χ2n) is 6.82. The van der Waals surface area contributed by atoms with Gasteiger partial charge in [-0.1, -0.05) is 13.8 Å². The summed E-state index contributed by atoms with van der Waals surface area (Å²) in [5.74, 6) is 0.0540. The monoisotopic (exact) mass is 372 g/mol. The highest BCUT2D eigenvalue weighted by Crippen LogP contribution is 2.15. The zero-order chi connectivity index (χ0) is 19.0. The van der Waals surface area contributed by atoms with Gasteiger partial charge in [0.1, 0.15) is 5.82 Å². The van der Waals surface area contributed by atoms with Crippen LogP contribution in [0, 0.1) is 11.7 Å². The second kappa shape index (κ2) is 9.87. The minimum absolute atomic E-state index is 0.0446. The average molecular weight is 373 g/mol. The molecule has 0 aliphatic heterocycles. The Morgan fingerprint density at radius 3 is 2.32 bits per heavy atom. The van der Waals surface area contributed by atoms with E-state index in [1.54, 1.807) is 0 Å². The molecular weight excluding hydrogens is 343 g/mol. The molecule has 0 aliphatic rings. The van der Waals surface area contributed by atoms with E-state index in [9.17, 15) is 17.6 Å². The van der Waals surface area contributed by atoms with Crippen molar-refractivity contribution in [2.75, 3.05) is 13.6 Å². The zero-order valence-corrected chi connectivity index (χ0v) is 16.3. The molecule has 1 amide bonds. The molecule has 1 rings (SSSR count). The van der Waals surface area contributed by atoms with Gasteiger partial charge in [-0.3, -0.25) is 4.79 Å². The minimum Gasteiger partial charge on any atom is -0.354 e. The van der Waals surface area contributed by atoms with Crippen LogP contribution in [0.25, 0.3) is 0 Å². The van der Waals surface area contributed by atoms with Gasteiger partial charge in [0.15, 0.2) is 0 Å². The molecule has 0 radical (unpaired) electrons. The topological polar surface area (TPSA) is 66.5 Å². The van der Waals surface area contributed by atoms with Gasteiger partial charge in [-0.2, -0.15) is 0 Å². The van der Waals surface area contributed by atoms with E-state index in [-0.39, 0.29) is 29.8 Å². The van der Waals surface area contributed by atoms with Crippen molar-refractivity contribution in [3.63, 3.8) is 0 Å². The third-order valence-corrected chi connectivity index (χ3v) is 5.85. The molecule has 1 N–H and O–H groups in total. The molecule has 0 bridgehead atoms. The Morgan fingerprint density at radius 2 is 1.76 bits per heavy atom. The molecule has 142 valence electrons. The lowest BCUT2D eigenvalue weighted by Gasteiger charge is -2.18. The summed E-state index contributed by atoms with van der Waals surface area (Å²) in [6.45, 7) is 6.50. The predicted octanol–water partition coefficient (Wildman–Crippen LogP) is 3.17. The molecule has 0 aromatic heterocycles. The SMILES string of the molecule is CC(C)CCC(C)NC(=O)CCCN(C)S(=O)(=O)c1ccc(F)cc1. The smallest absolute Gasteiger partial charge is 0.242 e. The molecule has 0 spiro atoms. The summed E-state index contributed by atoms with van der Waals surface area (Å²) >= 11 is 0. The number of benzene rings is 1. The average Bonchev–Trinajstić information content (AvgIpc) is 2.53. The summed E-state index contributed by atoms with van der Waals surface area (Å²) in [6, 6.07) is 4.84. The largest absolute Gasteiger partial charge is 0.354 e. The van der Waals surface area contributed by atoms with Crippen LogP contribution in [0.15, 0.2) is 29.2 Å². The van der Waals surface area contributed by atoms with Gasteiger partial charge in [0, 0.05) is 26.1 Å². The molecule has 1 atom stereocenters. The van der Waals surface area contributed by atoms with Crippen molar-refractivity contribution < 1.29 is 17.6 Å². The van der Waals surface area contributed by atoms with Gasteiger partial charge in [-0.25, -0.2) is 17.1 Å². The Balaban J connectivity index is 2.42. The molecule has 25 heavy (non-hydrogen) atoms. The van der Waals surface area contributed by atoms with Crippen molar-refractivity contribution in [1.29, 1.82) is 0 Å². The fourth-order valence-corrected chi connectivity index (χ4v) is 3.58. The summed E-state index contributed by atoms with van der Waals surface area (Å²) in [4.78, 5) is 12.0. The van der Waals surface area contributed by atoms with Crippen LogP contribution >= 0.6 is 0 Å². The van der Waals surface area contributed by atoms with Crippen LogP contribution in [0.3, 0.4) is 0 Å². The summed E-state index contributed by atoms with van der Waals surface area (Å²) in [5.41, 5.74) is 0. The third-order valence-electron chi connectivity index (χ3n) is 3.98. The van der Waals surface area contributed by atoms with E-state index in [2.05, 4.69) is 19.2 Å². The zero-order valence-electron chi connectivity index (χ0n) is 15.5. The number of sulfonamides is 1. The van der Waals surface area contributed by atoms with E-state index in [1.807, 2.05) is 6.92 Å². The van der Waals surface area contributed by atoms with Crippen molar-refractivity contribution in [3.8, 4) is 0 Å². The van der Waals surface area contributed by atoms with Gasteiger partial charge in [0.25, 0.3) is 0 Å². The summed E-state index contributed by atoms with van der Waals surface area (Å²) < 4.78 is 38.8. The highest BCUT2D eigenvalue weighted by atomic mass is 32.2. The van der Waals surface area contributed by atoms with Gasteiger partial charge in [-0.15, -0.1) is 0 Å². The molecule has 5 nitrogen and oxygen atoms in total. The predicted molar refractivity (Wildman–Crippen MR) is 97.1 cm³/mol. The molecule has 7 heteroatoms. The first kappa shape index (κ1) is 21.6. The van der Waals surface area contributed by atoms with E-state index < -0.39 is 15.8 Å². The number of nitrogens with one attached hydrogen (secondary N) is 1. The third kappa shape index (κ3) is 7.52. The first-order valence-corrected chi connectivity index (χ1v) is 10.1. The number of hydrogen-bond donors (Lipinski definition) is 1. The number of carbonyl (C=O) groups excluding carboxylic acids is 1. The van der Waals surface area contributed by atoms with Gasteiger partial charge in [0.05, 0.1) is 4.90 Å². The first-order valence-electron chi connectivity index (χ1n) is 8.64. The fourth-order valence-electron chi connectivity index (χ4n) is 2.37. The highest BCUT2D eigenvalue weighted by molar-refractivity contribution is 7.89. The number of halogens is 1. The number of amides is 1. The fraction of sp³-hybridized carbons (Fsp3) is 0.611. The van der Waals surface area contributed by atoms with Gasteiger partial charge in [-0.05, 0) is 56.4 Å². The number of carbonyl (C=O) groups is 1. The second-order valence-corrected chi connectivity index (χ2v) is 8.87. The molecule has 1 aromatic carbocycles. The molecule has 0 saturated heterocycles. The highest BCUT2D eigenvalue weighted by Gasteiger charge is 2.20. The van der Waals surface area contributed by atoms with Gasteiger partial charge in [0.2, 0.25) is 15.9 Å². The van der Waals surface area contributed by atoms with E-state index in [1.165, 1.54) is 23.5 Å². The lowest BCUT2D eigenvalue weighted by atomic mass is 10.0. The van der Waals surface area contributed by atoms with Gasteiger partial charge < -0.3 is 5.32 Å². The van der Waals surface area contributed by atoms with Crippen molar-refractivity contribution >= 4 is 15.9 Å². The van der Waals surface area contributed by atoms with E-state index >= 15 is 0 Å². The molecule has 1 aromatic rings. The standard InChI is InChI=1S/C18H29FN2O3S/c1-14(2)7-8-15(3)20-18(22)6-5-13-21(4)25(23,24)17-11-9-16(19)10-12-17/h9-12,14-15H,5-8,13H2,1-4H3,(H,20,22). The number of hydrogen-bond acceptors (Lipinski definition) is 3. The summed E-state index contributed by atoms with van der Waals surface area (Å²) in [7, 11) is -2.20. The van der Waals surface area contributed by atoms with Crippen LogP contribution in [0.1, 0.15) is 46.5 Å². The number of rotatable bonds is 10. The number of nitrogens with zero attached hydrogens (tertiary/aromatic N) is 1. The van der Waals surface area contributed by atoms with Crippen LogP contribution in [0.4, 0.5) is 4.39 Å². The Labute approximate surface area is 150 Å². The van der Waals surface area contributed by atoms with Crippen LogP contribution < -0.4 is 5.32 Å². The normalized spacial score (nSPS) is 13.2. The Morgan fingerprint density at radius 1 is 1.16 bits per heavy atom. The van der Waals surface area contributed by atoms with Crippen molar-refractivity contribution in [3.05, 3.63) is 30.1 Å². The Bertz CT molecular complexity index is 645. The van der Waals surface area contributed by atoms with Crippen molar-refractivity contribution in [1.82, 2.24) is 9.62 Å².